The van der Waals surface area contributed by atoms with Crippen molar-refractivity contribution >= 4 is 5.71 Å². The summed E-state index contributed by atoms with van der Waals surface area (Å²) < 4.78 is 10.5. The summed E-state index contributed by atoms with van der Waals surface area (Å²) in [6.07, 6.45) is 0. The predicted molar refractivity (Wildman–Crippen MR) is 47.4 cm³/mol. The quantitative estimate of drug-likeness (QED) is 0.563. The van der Waals surface area contributed by atoms with Gasteiger partial charge in [-0.1, -0.05) is 0 Å². The molecule has 0 saturated carbocycles. The van der Waals surface area contributed by atoms with Crippen LogP contribution >= 0.6 is 0 Å². The Morgan fingerprint density at radius 1 is 1.33 bits per heavy atom. The SMILES string of the molecule is CCN(C)N=C1COCCOC1. The summed E-state index contributed by atoms with van der Waals surface area (Å²) in [7, 11) is 1.94. The summed E-state index contributed by atoms with van der Waals surface area (Å²) >= 11 is 0. The topological polar surface area (TPSA) is 34.1 Å². The maximum Gasteiger partial charge on any atom is 0.0893 e. The van der Waals surface area contributed by atoms with E-state index < -0.39 is 0 Å². The van der Waals surface area contributed by atoms with Crippen molar-refractivity contribution < 1.29 is 9.47 Å². The molecule has 0 amide bonds. The lowest BCUT2D eigenvalue weighted by Crippen LogP contribution is -2.19. The van der Waals surface area contributed by atoms with Crippen LogP contribution in [0.3, 0.4) is 0 Å². The molecule has 4 heteroatoms. The maximum absolute atomic E-state index is 5.27. The molecule has 0 atom stereocenters. The third-order valence-electron chi connectivity index (χ3n) is 1.68. The highest BCUT2D eigenvalue weighted by Crippen LogP contribution is 1.93. The third kappa shape index (κ3) is 3.19. The lowest BCUT2D eigenvalue weighted by Gasteiger charge is -2.11. The zero-order chi connectivity index (χ0) is 8.81. The fraction of sp³-hybridized carbons (Fsp3) is 0.875. The van der Waals surface area contributed by atoms with E-state index in [1.165, 1.54) is 0 Å². The molecule has 0 unspecified atom stereocenters. The second kappa shape index (κ2) is 5.11. The van der Waals surface area contributed by atoms with Crippen LogP contribution in [0.25, 0.3) is 0 Å². The van der Waals surface area contributed by atoms with Crippen molar-refractivity contribution in [1.29, 1.82) is 0 Å². The summed E-state index contributed by atoms with van der Waals surface area (Å²) in [4.78, 5) is 0. The summed E-state index contributed by atoms with van der Waals surface area (Å²) in [6, 6.07) is 0. The van der Waals surface area contributed by atoms with Crippen LogP contribution in [0.5, 0.6) is 0 Å². The van der Waals surface area contributed by atoms with Gasteiger partial charge in [-0.3, -0.25) is 0 Å². The van der Waals surface area contributed by atoms with E-state index in [0.717, 1.165) is 12.3 Å². The van der Waals surface area contributed by atoms with Crippen molar-refractivity contribution in [2.24, 2.45) is 5.10 Å². The molecule has 1 aliphatic heterocycles. The molecule has 0 spiro atoms. The highest BCUT2D eigenvalue weighted by atomic mass is 16.5. The number of hydrazone groups is 1. The minimum Gasteiger partial charge on any atom is -0.373 e. The molecule has 70 valence electrons. The molecule has 12 heavy (non-hydrogen) atoms. The largest absolute Gasteiger partial charge is 0.373 e. The molecule has 0 aliphatic carbocycles. The minimum absolute atomic E-state index is 0.602. The molecule has 0 aromatic carbocycles. The summed E-state index contributed by atoms with van der Waals surface area (Å²) in [5.74, 6) is 0. The first kappa shape index (κ1) is 9.48. The number of ether oxygens (including phenoxy) is 2. The molecule has 0 radical (unpaired) electrons. The monoisotopic (exact) mass is 172 g/mol. The lowest BCUT2D eigenvalue weighted by molar-refractivity contribution is 0.103. The Bertz CT molecular complexity index is 149. The van der Waals surface area contributed by atoms with Crippen LogP contribution in [0, 0.1) is 0 Å². The van der Waals surface area contributed by atoms with Crippen LogP contribution in [0.15, 0.2) is 5.10 Å². The average Bonchev–Trinajstić information content (AvgIpc) is 2.33. The van der Waals surface area contributed by atoms with E-state index in [0.29, 0.717) is 26.4 Å². The summed E-state index contributed by atoms with van der Waals surface area (Å²) in [5.41, 5.74) is 0.969. The van der Waals surface area contributed by atoms with Gasteiger partial charge in [-0.2, -0.15) is 5.10 Å². The number of rotatable bonds is 2. The average molecular weight is 172 g/mol. The molecule has 0 aromatic rings. The van der Waals surface area contributed by atoms with Gasteiger partial charge >= 0.3 is 0 Å². The van der Waals surface area contributed by atoms with E-state index in [1.807, 2.05) is 12.1 Å². The van der Waals surface area contributed by atoms with Gasteiger partial charge in [0, 0.05) is 13.6 Å². The van der Waals surface area contributed by atoms with E-state index >= 15 is 0 Å². The Balaban J connectivity index is 2.41. The van der Waals surface area contributed by atoms with E-state index in [2.05, 4.69) is 12.0 Å². The van der Waals surface area contributed by atoms with Crippen LogP contribution in [0.1, 0.15) is 6.92 Å². The first-order valence-electron chi connectivity index (χ1n) is 4.26. The second-order valence-electron chi connectivity index (χ2n) is 2.75. The van der Waals surface area contributed by atoms with Gasteiger partial charge in [0.2, 0.25) is 0 Å². The first-order valence-corrected chi connectivity index (χ1v) is 4.26. The van der Waals surface area contributed by atoms with Crippen LogP contribution in [-0.4, -0.2) is 50.7 Å². The van der Waals surface area contributed by atoms with Gasteiger partial charge in [0.1, 0.15) is 0 Å². The molecule has 1 heterocycles. The van der Waals surface area contributed by atoms with Crippen LogP contribution < -0.4 is 0 Å². The van der Waals surface area contributed by atoms with Crippen LogP contribution in [0.4, 0.5) is 0 Å². The molecule has 1 rings (SSSR count). The number of hydrogen-bond donors (Lipinski definition) is 0. The molecule has 1 fully saturated rings. The fourth-order valence-corrected chi connectivity index (χ4v) is 0.909. The van der Waals surface area contributed by atoms with Gasteiger partial charge in [0.25, 0.3) is 0 Å². The summed E-state index contributed by atoms with van der Waals surface area (Å²) in [5, 5.41) is 6.20. The Morgan fingerprint density at radius 2 is 1.92 bits per heavy atom. The number of nitrogens with zero attached hydrogens (tertiary/aromatic N) is 2. The molecule has 4 nitrogen and oxygen atoms in total. The second-order valence-corrected chi connectivity index (χ2v) is 2.75. The molecule has 0 aromatic heterocycles. The lowest BCUT2D eigenvalue weighted by atomic mass is 10.4. The summed E-state index contributed by atoms with van der Waals surface area (Å²) in [6.45, 7) is 5.52. The first-order chi connectivity index (χ1) is 5.83. The maximum atomic E-state index is 5.27. The van der Waals surface area contributed by atoms with Gasteiger partial charge in [-0.05, 0) is 6.92 Å². The zero-order valence-corrected chi connectivity index (χ0v) is 7.75. The molecular weight excluding hydrogens is 156 g/mol. The highest BCUT2D eigenvalue weighted by Gasteiger charge is 2.06. The van der Waals surface area contributed by atoms with Crippen molar-refractivity contribution in [3.05, 3.63) is 0 Å². The van der Waals surface area contributed by atoms with Crippen molar-refractivity contribution in [2.75, 3.05) is 40.0 Å². The molecule has 1 saturated heterocycles. The van der Waals surface area contributed by atoms with Crippen LogP contribution in [-0.2, 0) is 9.47 Å². The van der Waals surface area contributed by atoms with Gasteiger partial charge in [-0.15, -0.1) is 0 Å². The predicted octanol–water partition coefficient (Wildman–Crippen LogP) is 0.341. The van der Waals surface area contributed by atoms with E-state index in [1.54, 1.807) is 0 Å². The molecule has 0 bridgehead atoms. The number of hydrogen-bond acceptors (Lipinski definition) is 4. The van der Waals surface area contributed by atoms with Gasteiger partial charge in [-0.25, -0.2) is 0 Å². The van der Waals surface area contributed by atoms with Crippen LogP contribution in [0.2, 0.25) is 0 Å². The Morgan fingerprint density at radius 3 is 2.42 bits per heavy atom. The Labute approximate surface area is 73.1 Å². The minimum atomic E-state index is 0.602. The zero-order valence-electron chi connectivity index (χ0n) is 7.75. The van der Waals surface area contributed by atoms with Gasteiger partial charge in [0.05, 0.1) is 32.1 Å². The smallest absolute Gasteiger partial charge is 0.0893 e. The van der Waals surface area contributed by atoms with Gasteiger partial charge in [0.15, 0.2) is 0 Å². The molecular formula is C8H16N2O2. The van der Waals surface area contributed by atoms with Gasteiger partial charge < -0.3 is 14.5 Å². The Hall–Kier alpha value is -0.610. The van der Waals surface area contributed by atoms with E-state index in [4.69, 9.17) is 9.47 Å². The normalized spacial score (nSPS) is 18.7. The standard InChI is InChI=1S/C8H16N2O2/c1-3-10(2)9-8-6-11-4-5-12-7-8/h3-7H2,1-2H3. The van der Waals surface area contributed by atoms with Crippen molar-refractivity contribution in [2.45, 2.75) is 6.92 Å². The van der Waals surface area contributed by atoms with Crippen molar-refractivity contribution in [3.8, 4) is 0 Å². The fourth-order valence-electron chi connectivity index (χ4n) is 0.909. The van der Waals surface area contributed by atoms with Crippen molar-refractivity contribution in [3.63, 3.8) is 0 Å². The third-order valence-corrected chi connectivity index (χ3v) is 1.68. The van der Waals surface area contributed by atoms with E-state index in [9.17, 15) is 0 Å². The van der Waals surface area contributed by atoms with Crippen molar-refractivity contribution in [1.82, 2.24) is 5.01 Å². The molecule has 0 N–H and O–H groups in total. The Kier molecular flexibility index (Phi) is 4.04. The molecule has 1 aliphatic rings. The highest BCUT2D eigenvalue weighted by molar-refractivity contribution is 5.86. The van der Waals surface area contributed by atoms with E-state index in [-0.39, 0.29) is 0 Å².